The summed E-state index contributed by atoms with van der Waals surface area (Å²) in [5.41, 5.74) is 0.245. The van der Waals surface area contributed by atoms with Gasteiger partial charge in [0.2, 0.25) is 0 Å². The number of rotatable bonds is 8. The molecule has 5 nitrogen and oxygen atoms in total. The molecule has 2 N–H and O–H groups in total. The van der Waals surface area contributed by atoms with Crippen LogP contribution in [0.5, 0.6) is 0 Å². The lowest BCUT2D eigenvalue weighted by molar-refractivity contribution is 0.0953. The summed E-state index contributed by atoms with van der Waals surface area (Å²) in [6.07, 6.45) is 2.95. The first-order valence-corrected chi connectivity index (χ1v) is 9.68. The molecule has 2 aromatic rings. The SMILES string of the molecule is CCCCCNC(=O)c1ccc(S(=O)(=O)Nc2ccc(F)c(F)c2)cc1. The lowest BCUT2D eigenvalue weighted by Gasteiger charge is -2.09. The Hall–Kier alpha value is -2.48. The van der Waals surface area contributed by atoms with Gasteiger partial charge in [-0.2, -0.15) is 0 Å². The van der Waals surface area contributed by atoms with Gasteiger partial charge in [0.1, 0.15) is 0 Å². The van der Waals surface area contributed by atoms with Gasteiger partial charge in [-0.1, -0.05) is 19.8 Å². The standard InChI is InChI=1S/C18H20F2N2O3S/c1-2-3-4-11-21-18(23)13-5-8-15(9-6-13)26(24,25)22-14-7-10-16(19)17(20)12-14/h5-10,12,22H,2-4,11H2,1H3,(H,21,23). The first kappa shape index (κ1) is 19.8. The Kier molecular flexibility index (Phi) is 6.68. The van der Waals surface area contributed by atoms with Crippen molar-refractivity contribution in [3.05, 3.63) is 59.7 Å². The first-order valence-electron chi connectivity index (χ1n) is 8.19. The van der Waals surface area contributed by atoms with Gasteiger partial charge in [0.25, 0.3) is 15.9 Å². The van der Waals surface area contributed by atoms with Gasteiger partial charge in [-0.3, -0.25) is 9.52 Å². The van der Waals surface area contributed by atoms with Gasteiger partial charge in [0, 0.05) is 18.2 Å². The molecule has 26 heavy (non-hydrogen) atoms. The summed E-state index contributed by atoms with van der Waals surface area (Å²) in [5.74, 6) is -2.50. The molecule has 0 aromatic heterocycles. The normalized spacial score (nSPS) is 11.2. The Morgan fingerprint density at radius 3 is 2.31 bits per heavy atom. The molecule has 0 radical (unpaired) electrons. The number of sulfonamides is 1. The van der Waals surface area contributed by atoms with Gasteiger partial charge in [-0.05, 0) is 42.8 Å². The van der Waals surface area contributed by atoms with Gasteiger partial charge in [-0.15, -0.1) is 0 Å². The van der Waals surface area contributed by atoms with E-state index in [9.17, 15) is 22.0 Å². The second-order valence-electron chi connectivity index (χ2n) is 5.72. The molecule has 2 aromatic carbocycles. The Bertz CT molecular complexity index is 869. The monoisotopic (exact) mass is 382 g/mol. The highest BCUT2D eigenvalue weighted by molar-refractivity contribution is 7.92. The molecule has 140 valence electrons. The molecule has 0 aliphatic carbocycles. The van der Waals surface area contributed by atoms with E-state index >= 15 is 0 Å². The number of hydrogen-bond acceptors (Lipinski definition) is 3. The van der Waals surface area contributed by atoms with Crippen molar-refractivity contribution >= 4 is 21.6 Å². The lowest BCUT2D eigenvalue weighted by Crippen LogP contribution is -2.24. The zero-order valence-corrected chi connectivity index (χ0v) is 15.1. The molecule has 0 spiro atoms. The van der Waals surface area contributed by atoms with Crippen LogP contribution in [-0.2, 0) is 10.0 Å². The average Bonchev–Trinajstić information content (AvgIpc) is 2.61. The van der Waals surface area contributed by atoms with Crippen LogP contribution in [0.15, 0.2) is 47.4 Å². The van der Waals surface area contributed by atoms with E-state index in [1.165, 1.54) is 24.3 Å². The van der Waals surface area contributed by atoms with Crippen LogP contribution < -0.4 is 10.0 Å². The number of carbonyl (C=O) groups excluding carboxylic acids is 1. The molecule has 0 saturated heterocycles. The van der Waals surface area contributed by atoms with E-state index in [2.05, 4.69) is 17.0 Å². The fourth-order valence-corrected chi connectivity index (χ4v) is 3.29. The average molecular weight is 382 g/mol. The number of carbonyl (C=O) groups is 1. The maximum absolute atomic E-state index is 13.2. The Labute approximate surface area is 151 Å². The minimum Gasteiger partial charge on any atom is -0.352 e. The van der Waals surface area contributed by atoms with Crippen molar-refractivity contribution in [1.82, 2.24) is 5.32 Å². The molecule has 0 bridgehead atoms. The molecule has 2 rings (SSSR count). The molecule has 0 aliphatic heterocycles. The summed E-state index contributed by atoms with van der Waals surface area (Å²) in [6.45, 7) is 2.62. The third-order valence-electron chi connectivity index (χ3n) is 3.66. The van der Waals surface area contributed by atoms with Gasteiger partial charge >= 0.3 is 0 Å². The second-order valence-corrected chi connectivity index (χ2v) is 7.40. The molecule has 0 atom stereocenters. The summed E-state index contributed by atoms with van der Waals surface area (Å²) in [7, 11) is -3.98. The Morgan fingerprint density at radius 1 is 1.00 bits per heavy atom. The van der Waals surface area contributed by atoms with Crippen LogP contribution in [0.4, 0.5) is 14.5 Å². The van der Waals surface area contributed by atoms with E-state index < -0.39 is 21.7 Å². The number of nitrogens with one attached hydrogen (secondary N) is 2. The van der Waals surface area contributed by atoms with Crippen molar-refractivity contribution in [1.29, 1.82) is 0 Å². The highest BCUT2D eigenvalue weighted by Crippen LogP contribution is 2.19. The molecule has 0 heterocycles. The molecule has 1 amide bonds. The van der Waals surface area contributed by atoms with Gasteiger partial charge < -0.3 is 5.32 Å². The maximum atomic E-state index is 13.2. The van der Waals surface area contributed by atoms with Crippen LogP contribution in [-0.4, -0.2) is 20.9 Å². The summed E-state index contributed by atoms with van der Waals surface area (Å²) < 4.78 is 52.9. The fraction of sp³-hybridized carbons (Fsp3) is 0.278. The molecule has 0 fully saturated rings. The molecule has 0 unspecified atom stereocenters. The zero-order valence-electron chi connectivity index (χ0n) is 14.3. The van der Waals surface area contributed by atoms with Crippen molar-refractivity contribution in [3.8, 4) is 0 Å². The van der Waals surface area contributed by atoms with Gasteiger partial charge in [-0.25, -0.2) is 17.2 Å². The molecule has 0 saturated carbocycles. The van der Waals surface area contributed by atoms with Crippen molar-refractivity contribution < 1.29 is 22.0 Å². The topological polar surface area (TPSA) is 75.3 Å². The van der Waals surface area contributed by atoms with Crippen molar-refractivity contribution in [2.75, 3.05) is 11.3 Å². The van der Waals surface area contributed by atoms with Crippen LogP contribution in [0.1, 0.15) is 36.5 Å². The number of anilines is 1. The summed E-state index contributed by atoms with van der Waals surface area (Å²) in [4.78, 5) is 11.9. The van der Waals surface area contributed by atoms with E-state index in [4.69, 9.17) is 0 Å². The van der Waals surface area contributed by atoms with Crippen LogP contribution in [0.3, 0.4) is 0 Å². The van der Waals surface area contributed by atoms with Crippen LogP contribution in [0.2, 0.25) is 0 Å². The minimum atomic E-state index is -3.98. The Morgan fingerprint density at radius 2 is 1.69 bits per heavy atom. The third-order valence-corrected chi connectivity index (χ3v) is 5.06. The predicted octanol–water partition coefficient (Wildman–Crippen LogP) is 3.69. The highest BCUT2D eigenvalue weighted by Gasteiger charge is 2.16. The summed E-state index contributed by atoms with van der Waals surface area (Å²) >= 11 is 0. The Balaban J connectivity index is 2.06. The van der Waals surface area contributed by atoms with Crippen molar-refractivity contribution in [3.63, 3.8) is 0 Å². The smallest absolute Gasteiger partial charge is 0.261 e. The summed E-state index contributed by atoms with van der Waals surface area (Å²) in [5, 5.41) is 2.76. The zero-order chi connectivity index (χ0) is 19.2. The fourth-order valence-electron chi connectivity index (χ4n) is 2.24. The van der Waals surface area contributed by atoms with E-state index in [1.807, 2.05) is 0 Å². The van der Waals surface area contributed by atoms with Gasteiger partial charge in [0.05, 0.1) is 10.6 Å². The maximum Gasteiger partial charge on any atom is 0.261 e. The molecular formula is C18H20F2N2O3S. The van der Waals surface area contributed by atoms with Gasteiger partial charge in [0.15, 0.2) is 11.6 Å². The number of amides is 1. The predicted molar refractivity (Wildman–Crippen MR) is 95.5 cm³/mol. The number of unbranched alkanes of at least 4 members (excludes halogenated alkanes) is 2. The summed E-state index contributed by atoms with van der Waals surface area (Å²) in [6, 6.07) is 8.06. The van der Waals surface area contributed by atoms with Crippen molar-refractivity contribution in [2.45, 2.75) is 31.1 Å². The van der Waals surface area contributed by atoms with E-state index in [0.717, 1.165) is 37.5 Å². The van der Waals surface area contributed by atoms with E-state index in [-0.39, 0.29) is 16.5 Å². The van der Waals surface area contributed by atoms with E-state index in [1.54, 1.807) is 0 Å². The lowest BCUT2D eigenvalue weighted by atomic mass is 10.2. The highest BCUT2D eigenvalue weighted by atomic mass is 32.2. The number of halogens is 2. The molecule has 0 aliphatic rings. The van der Waals surface area contributed by atoms with Crippen molar-refractivity contribution in [2.24, 2.45) is 0 Å². The first-order chi connectivity index (χ1) is 12.3. The van der Waals surface area contributed by atoms with E-state index in [0.29, 0.717) is 12.1 Å². The number of benzene rings is 2. The second kappa shape index (κ2) is 8.75. The molecular weight excluding hydrogens is 362 g/mol. The third kappa shape index (κ3) is 5.26. The minimum absolute atomic E-state index is 0.0928. The van der Waals surface area contributed by atoms with Crippen LogP contribution >= 0.6 is 0 Å². The number of hydrogen-bond donors (Lipinski definition) is 2. The van der Waals surface area contributed by atoms with Crippen LogP contribution in [0.25, 0.3) is 0 Å². The largest absolute Gasteiger partial charge is 0.352 e. The quantitative estimate of drug-likeness (QED) is 0.684. The molecule has 8 heteroatoms. The van der Waals surface area contributed by atoms with Crippen LogP contribution in [0, 0.1) is 11.6 Å².